The highest BCUT2D eigenvalue weighted by molar-refractivity contribution is 6.10. The number of nitrogens with zero attached hydrogens (tertiary/aromatic N) is 2. The lowest BCUT2D eigenvalue weighted by atomic mass is 10.0. The molecule has 0 unspecified atom stereocenters. The van der Waals surface area contributed by atoms with Gasteiger partial charge in [-0.15, -0.1) is 0 Å². The van der Waals surface area contributed by atoms with Crippen LogP contribution in [-0.2, 0) is 6.54 Å². The second-order valence-corrected chi connectivity index (χ2v) is 7.31. The molecule has 0 radical (unpaired) electrons. The van der Waals surface area contributed by atoms with E-state index in [0.29, 0.717) is 28.9 Å². The summed E-state index contributed by atoms with van der Waals surface area (Å²) in [6.07, 6.45) is 1.64. The Morgan fingerprint density at radius 2 is 1.73 bits per heavy atom. The quantitative estimate of drug-likeness (QED) is 0.470. The first-order valence-electron chi connectivity index (χ1n) is 9.72. The molecule has 5 heteroatoms. The first-order valence-corrected chi connectivity index (χ1v) is 9.72. The fourth-order valence-corrected chi connectivity index (χ4v) is 3.51. The van der Waals surface area contributed by atoms with Crippen molar-refractivity contribution < 1.29 is 9.53 Å². The van der Waals surface area contributed by atoms with Crippen LogP contribution in [0.1, 0.15) is 32.7 Å². The van der Waals surface area contributed by atoms with Gasteiger partial charge in [0.15, 0.2) is 5.78 Å². The minimum Gasteiger partial charge on any atom is -0.497 e. The number of methoxy groups -OCH3 is 1. The van der Waals surface area contributed by atoms with Gasteiger partial charge in [0, 0.05) is 24.0 Å². The molecule has 30 heavy (non-hydrogen) atoms. The predicted molar refractivity (Wildman–Crippen MR) is 117 cm³/mol. The zero-order chi connectivity index (χ0) is 21.3. The van der Waals surface area contributed by atoms with E-state index in [4.69, 9.17) is 4.74 Å². The van der Waals surface area contributed by atoms with Crippen LogP contribution in [0, 0.1) is 13.8 Å². The lowest BCUT2D eigenvalue weighted by Crippen LogP contribution is -2.21. The second-order valence-electron chi connectivity index (χ2n) is 7.31. The lowest BCUT2D eigenvalue weighted by molar-refractivity contribution is 0.103. The van der Waals surface area contributed by atoms with Gasteiger partial charge >= 0.3 is 0 Å². The van der Waals surface area contributed by atoms with Gasteiger partial charge in [-0.3, -0.25) is 9.59 Å². The van der Waals surface area contributed by atoms with Crippen molar-refractivity contribution in [3.05, 3.63) is 105 Å². The summed E-state index contributed by atoms with van der Waals surface area (Å²) in [7, 11) is 1.57. The number of carbonyl (C=O) groups is 1. The Hall–Kier alpha value is -3.73. The molecule has 5 nitrogen and oxygen atoms in total. The Morgan fingerprint density at radius 1 is 1.00 bits per heavy atom. The van der Waals surface area contributed by atoms with Gasteiger partial charge < -0.3 is 9.30 Å². The zero-order valence-corrected chi connectivity index (χ0v) is 17.2. The van der Waals surface area contributed by atoms with Gasteiger partial charge in [0.2, 0.25) is 5.43 Å². The Kier molecular flexibility index (Phi) is 5.19. The highest BCUT2D eigenvalue weighted by atomic mass is 16.5. The Bertz CT molecular complexity index is 1300. The number of pyridine rings is 2. The molecule has 0 saturated heterocycles. The third-order valence-corrected chi connectivity index (χ3v) is 5.26. The van der Waals surface area contributed by atoms with Crippen molar-refractivity contribution in [1.29, 1.82) is 0 Å². The largest absolute Gasteiger partial charge is 0.497 e. The number of fused-ring (bicyclic) bond motifs is 1. The van der Waals surface area contributed by atoms with Gasteiger partial charge in [-0.25, -0.2) is 4.98 Å². The van der Waals surface area contributed by atoms with Crippen LogP contribution in [0.15, 0.2) is 71.7 Å². The number of benzene rings is 2. The van der Waals surface area contributed by atoms with Crippen LogP contribution >= 0.6 is 0 Å². The van der Waals surface area contributed by atoms with E-state index in [1.165, 1.54) is 0 Å². The van der Waals surface area contributed by atoms with Crippen LogP contribution in [-0.4, -0.2) is 22.4 Å². The number of hydrogen-bond donors (Lipinski definition) is 0. The fourth-order valence-electron chi connectivity index (χ4n) is 3.51. The summed E-state index contributed by atoms with van der Waals surface area (Å²) >= 11 is 0. The minimum atomic E-state index is -0.316. The maximum absolute atomic E-state index is 13.2. The van der Waals surface area contributed by atoms with Crippen LogP contribution in [0.25, 0.3) is 11.0 Å². The highest BCUT2D eigenvalue weighted by Gasteiger charge is 2.18. The molecule has 0 N–H and O–H groups in total. The van der Waals surface area contributed by atoms with Crippen LogP contribution in [0.2, 0.25) is 0 Å². The Labute approximate surface area is 174 Å². The average Bonchev–Trinajstić information content (AvgIpc) is 2.76. The van der Waals surface area contributed by atoms with E-state index in [-0.39, 0.29) is 16.8 Å². The van der Waals surface area contributed by atoms with Gasteiger partial charge in [0.1, 0.15) is 11.4 Å². The molecule has 2 heterocycles. The monoisotopic (exact) mass is 398 g/mol. The maximum atomic E-state index is 13.2. The summed E-state index contributed by atoms with van der Waals surface area (Å²) in [4.78, 5) is 30.9. The van der Waals surface area contributed by atoms with Gasteiger partial charge in [-0.1, -0.05) is 24.3 Å². The molecular weight excluding hydrogens is 376 g/mol. The average molecular weight is 398 g/mol. The van der Waals surface area contributed by atoms with Crippen LogP contribution in [0.4, 0.5) is 0 Å². The molecule has 0 aliphatic heterocycles. The van der Waals surface area contributed by atoms with E-state index < -0.39 is 0 Å². The number of ketones is 1. The van der Waals surface area contributed by atoms with E-state index in [0.717, 1.165) is 16.8 Å². The first-order chi connectivity index (χ1) is 14.5. The van der Waals surface area contributed by atoms with Crippen LogP contribution in [0.3, 0.4) is 0 Å². The van der Waals surface area contributed by atoms with Crippen molar-refractivity contribution in [2.24, 2.45) is 0 Å². The minimum absolute atomic E-state index is 0.131. The standard InChI is InChI=1S/C25H22N2O3/c1-16-6-4-5-7-19(16)14-27-15-22(23(28)18-9-11-20(30-3)12-10-18)24(29)21-13-8-17(2)26-25(21)27/h4-13,15H,14H2,1-3H3. The smallest absolute Gasteiger partial charge is 0.202 e. The number of hydrogen-bond acceptors (Lipinski definition) is 4. The van der Waals surface area contributed by atoms with E-state index >= 15 is 0 Å². The number of rotatable bonds is 5. The maximum Gasteiger partial charge on any atom is 0.202 e. The summed E-state index contributed by atoms with van der Waals surface area (Å²) in [6.45, 7) is 4.45. The van der Waals surface area contributed by atoms with Crippen molar-refractivity contribution in [2.45, 2.75) is 20.4 Å². The van der Waals surface area contributed by atoms with Crippen LogP contribution in [0.5, 0.6) is 5.75 Å². The number of carbonyl (C=O) groups excluding carboxylic acids is 1. The van der Waals surface area contributed by atoms with Gasteiger partial charge in [0.25, 0.3) is 0 Å². The molecular formula is C25H22N2O3. The third kappa shape index (κ3) is 3.62. The summed E-state index contributed by atoms with van der Waals surface area (Å²) in [5.41, 5.74) is 3.90. The van der Waals surface area contributed by atoms with E-state index in [1.807, 2.05) is 42.7 Å². The number of ether oxygens (including phenoxy) is 1. The molecule has 4 rings (SSSR count). The molecule has 150 valence electrons. The SMILES string of the molecule is COc1ccc(C(=O)c2cn(Cc3ccccc3C)c3nc(C)ccc3c2=O)cc1. The molecule has 0 bridgehead atoms. The molecule has 0 aliphatic rings. The molecule has 0 aliphatic carbocycles. The van der Waals surface area contributed by atoms with Crippen molar-refractivity contribution in [1.82, 2.24) is 9.55 Å². The first kappa shape index (κ1) is 19.6. The number of aromatic nitrogens is 2. The Morgan fingerprint density at radius 3 is 2.43 bits per heavy atom. The van der Waals surface area contributed by atoms with E-state index in [9.17, 15) is 9.59 Å². The zero-order valence-electron chi connectivity index (χ0n) is 17.2. The summed E-state index contributed by atoms with van der Waals surface area (Å²) < 4.78 is 7.05. The Balaban J connectivity index is 1.89. The van der Waals surface area contributed by atoms with Gasteiger partial charge in [-0.2, -0.15) is 0 Å². The van der Waals surface area contributed by atoms with Gasteiger partial charge in [-0.05, 0) is 61.4 Å². The van der Waals surface area contributed by atoms with E-state index in [1.54, 1.807) is 49.7 Å². The third-order valence-electron chi connectivity index (χ3n) is 5.26. The van der Waals surface area contributed by atoms with Crippen molar-refractivity contribution in [3.63, 3.8) is 0 Å². The van der Waals surface area contributed by atoms with Crippen molar-refractivity contribution in [3.8, 4) is 5.75 Å². The molecule has 0 amide bonds. The normalized spacial score (nSPS) is 10.9. The summed E-state index contributed by atoms with van der Waals surface area (Å²) in [5.74, 6) is 0.338. The molecule has 0 atom stereocenters. The van der Waals surface area contributed by atoms with Crippen LogP contribution < -0.4 is 10.2 Å². The predicted octanol–water partition coefficient (Wildman–Crippen LogP) is 4.30. The molecule has 2 aromatic carbocycles. The van der Waals surface area contributed by atoms with E-state index in [2.05, 4.69) is 4.98 Å². The second kappa shape index (κ2) is 7.95. The van der Waals surface area contributed by atoms with Gasteiger partial charge in [0.05, 0.1) is 18.1 Å². The molecule has 0 spiro atoms. The topological polar surface area (TPSA) is 61.2 Å². The molecule has 4 aromatic rings. The molecule has 0 saturated carbocycles. The number of aryl methyl sites for hydroxylation is 2. The fraction of sp³-hybridized carbons (Fsp3) is 0.160. The summed E-state index contributed by atoms with van der Waals surface area (Å²) in [6, 6.07) is 18.4. The molecule has 0 fully saturated rings. The van der Waals surface area contributed by atoms with Crippen molar-refractivity contribution >= 4 is 16.8 Å². The lowest BCUT2D eigenvalue weighted by Gasteiger charge is -2.14. The van der Waals surface area contributed by atoms with Crippen molar-refractivity contribution in [2.75, 3.05) is 7.11 Å². The highest BCUT2D eigenvalue weighted by Crippen LogP contribution is 2.18. The summed E-state index contributed by atoms with van der Waals surface area (Å²) in [5, 5.41) is 0.438. The molecule has 2 aromatic heterocycles.